The standard InChI is InChI=1S/C18H21BrN2O3/c1-12-9-14(3-4-19)18-15(10-12)16(23)11-17(24-18)21-7-5-20(6-8-21)13(2)22/h9-11H,3-8H2,1-2H3. The summed E-state index contributed by atoms with van der Waals surface area (Å²) in [6, 6.07) is 5.53. The second kappa shape index (κ2) is 6.97. The van der Waals surface area contributed by atoms with Crippen molar-refractivity contribution in [3.63, 3.8) is 0 Å². The molecule has 0 atom stereocenters. The van der Waals surface area contributed by atoms with Gasteiger partial charge in [0.15, 0.2) is 11.3 Å². The Labute approximate surface area is 149 Å². The summed E-state index contributed by atoms with van der Waals surface area (Å²) in [6.45, 7) is 6.23. The summed E-state index contributed by atoms with van der Waals surface area (Å²) >= 11 is 3.46. The molecular weight excluding hydrogens is 372 g/mol. The van der Waals surface area contributed by atoms with Gasteiger partial charge < -0.3 is 14.2 Å². The molecule has 0 radical (unpaired) electrons. The highest BCUT2D eigenvalue weighted by Crippen LogP contribution is 2.25. The highest BCUT2D eigenvalue weighted by Gasteiger charge is 2.21. The van der Waals surface area contributed by atoms with Gasteiger partial charge >= 0.3 is 0 Å². The smallest absolute Gasteiger partial charge is 0.219 e. The number of amides is 1. The first-order chi connectivity index (χ1) is 11.5. The van der Waals surface area contributed by atoms with E-state index in [-0.39, 0.29) is 11.3 Å². The number of halogens is 1. The molecule has 5 nitrogen and oxygen atoms in total. The van der Waals surface area contributed by atoms with Crippen molar-refractivity contribution in [2.75, 3.05) is 36.4 Å². The van der Waals surface area contributed by atoms with Crippen molar-refractivity contribution >= 4 is 38.7 Å². The number of hydrogen-bond acceptors (Lipinski definition) is 4. The predicted molar refractivity (Wildman–Crippen MR) is 99.2 cm³/mol. The molecule has 24 heavy (non-hydrogen) atoms. The number of alkyl halides is 1. The van der Waals surface area contributed by atoms with E-state index in [0.29, 0.717) is 43.0 Å². The first-order valence-corrected chi connectivity index (χ1v) is 9.25. The molecule has 3 rings (SSSR count). The third-order valence-electron chi connectivity index (χ3n) is 4.44. The minimum atomic E-state index is -0.0141. The topological polar surface area (TPSA) is 53.8 Å². The maximum atomic E-state index is 12.6. The minimum Gasteiger partial charge on any atom is -0.440 e. The van der Waals surface area contributed by atoms with E-state index in [0.717, 1.165) is 22.9 Å². The van der Waals surface area contributed by atoms with Crippen LogP contribution in [0.4, 0.5) is 5.88 Å². The van der Waals surface area contributed by atoms with E-state index in [1.807, 2.05) is 22.8 Å². The molecule has 128 valence electrons. The van der Waals surface area contributed by atoms with Gasteiger partial charge in [0.05, 0.1) is 5.39 Å². The number of hydrogen-bond donors (Lipinski definition) is 0. The molecule has 0 bridgehead atoms. The summed E-state index contributed by atoms with van der Waals surface area (Å²) in [4.78, 5) is 27.9. The molecule has 0 aliphatic carbocycles. The summed E-state index contributed by atoms with van der Waals surface area (Å²) in [7, 11) is 0. The number of rotatable bonds is 3. The first kappa shape index (κ1) is 17.0. The fourth-order valence-corrected chi connectivity index (χ4v) is 3.59. The molecule has 2 aromatic rings. The summed E-state index contributed by atoms with van der Waals surface area (Å²) in [5, 5.41) is 1.45. The van der Waals surface area contributed by atoms with Crippen molar-refractivity contribution in [3.8, 4) is 0 Å². The van der Waals surface area contributed by atoms with E-state index >= 15 is 0 Å². The molecule has 1 fully saturated rings. The van der Waals surface area contributed by atoms with Crippen LogP contribution in [0.1, 0.15) is 18.1 Å². The Hall–Kier alpha value is -1.82. The van der Waals surface area contributed by atoms with Gasteiger partial charge in [0, 0.05) is 44.5 Å². The van der Waals surface area contributed by atoms with Gasteiger partial charge in [-0.15, -0.1) is 0 Å². The quantitative estimate of drug-likeness (QED) is 0.753. The molecule has 6 heteroatoms. The molecule has 0 saturated carbocycles. The van der Waals surface area contributed by atoms with E-state index in [1.54, 1.807) is 13.0 Å². The fourth-order valence-electron chi connectivity index (χ4n) is 3.16. The van der Waals surface area contributed by atoms with Crippen LogP contribution in [0.15, 0.2) is 27.4 Å². The van der Waals surface area contributed by atoms with Gasteiger partial charge in [-0.2, -0.15) is 0 Å². The second-order valence-electron chi connectivity index (χ2n) is 6.18. The Morgan fingerprint density at radius 1 is 1.21 bits per heavy atom. The Morgan fingerprint density at radius 3 is 2.54 bits per heavy atom. The van der Waals surface area contributed by atoms with E-state index in [9.17, 15) is 9.59 Å². The number of carbonyl (C=O) groups is 1. The largest absolute Gasteiger partial charge is 0.440 e. The molecule has 0 spiro atoms. The number of piperazine rings is 1. The van der Waals surface area contributed by atoms with Crippen molar-refractivity contribution in [1.29, 1.82) is 0 Å². The van der Waals surface area contributed by atoms with Crippen LogP contribution in [-0.4, -0.2) is 42.3 Å². The third kappa shape index (κ3) is 3.34. The average molecular weight is 393 g/mol. The maximum Gasteiger partial charge on any atom is 0.219 e. The van der Waals surface area contributed by atoms with Gasteiger partial charge in [-0.05, 0) is 30.5 Å². The zero-order chi connectivity index (χ0) is 17.3. The van der Waals surface area contributed by atoms with Crippen LogP contribution in [-0.2, 0) is 11.2 Å². The Kier molecular flexibility index (Phi) is 4.94. The van der Waals surface area contributed by atoms with Crippen LogP contribution in [0.25, 0.3) is 11.0 Å². The Balaban J connectivity index is 1.98. The lowest BCUT2D eigenvalue weighted by atomic mass is 10.0. The first-order valence-electron chi connectivity index (χ1n) is 8.13. The summed E-state index contributed by atoms with van der Waals surface area (Å²) < 4.78 is 6.12. The SMILES string of the molecule is CC(=O)N1CCN(c2cc(=O)c3cc(C)cc(CCBr)c3o2)CC1. The number of benzene rings is 1. The van der Waals surface area contributed by atoms with E-state index in [4.69, 9.17) is 4.42 Å². The maximum absolute atomic E-state index is 12.6. The number of fused-ring (bicyclic) bond motifs is 1. The van der Waals surface area contributed by atoms with Crippen LogP contribution in [0.2, 0.25) is 0 Å². The third-order valence-corrected chi connectivity index (χ3v) is 4.83. The van der Waals surface area contributed by atoms with Gasteiger partial charge in [0.2, 0.25) is 5.91 Å². The van der Waals surface area contributed by atoms with Crippen molar-refractivity contribution in [2.24, 2.45) is 0 Å². The van der Waals surface area contributed by atoms with Gasteiger partial charge in [-0.1, -0.05) is 22.0 Å². The van der Waals surface area contributed by atoms with Crippen LogP contribution in [0, 0.1) is 6.92 Å². The lowest BCUT2D eigenvalue weighted by Crippen LogP contribution is -2.48. The average Bonchev–Trinajstić information content (AvgIpc) is 2.56. The highest BCUT2D eigenvalue weighted by atomic mass is 79.9. The normalized spacial score (nSPS) is 15.1. The molecule has 0 N–H and O–H groups in total. The van der Waals surface area contributed by atoms with Crippen molar-refractivity contribution in [3.05, 3.63) is 39.5 Å². The monoisotopic (exact) mass is 392 g/mol. The molecule has 1 amide bonds. The minimum absolute atomic E-state index is 0.0141. The molecule has 1 aromatic heterocycles. The predicted octanol–water partition coefficient (Wildman–Crippen LogP) is 2.71. The number of carbonyl (C=O) groups excluding carboxylic acids is 1. The molecule has 1 aliphatic rings. The molecule has 1 aliphatic heterocycles. The van der Waals surface area contributed by atoms with E-state index < -0.39 is 0 Å². The summed E-state index contributed by atoms with van der Waals surface area (Å²) in [5.41, 5.74) is 2.77. The van der Waals surface area contributed by atoms with Gasteiger partial charge in [-0.25, -0.2) is 0 Å². The molecule has 1 saturated heterocycles. The van der Waals surface area contributed by atoms with Gasteiger partial charge in [-0.3, -0.25) is 9.59 Å². The van der Waals surface area contributed by atoms with Gasteiger partial charge in [0.25, 0.3) is 0 Å². The molecule has 1 aromatic carbocycles. The summed E-state index contributed by atoms with van der Waals surface area (Å²) in [6.07, 6.45) is 0.808. The second-order valence-corrected chi connectivity index (χ2v) is 6.97. The highest BCUT2D eigenvalue weighted by molar-refractivity contribution is 9.09. The fraction of sp³-hybridized carbons (Fsp3) is 0.444. The number of nitrogens with zero attached hydrogens (tertiary/aromatic N) is 2. The zero-order valence-electron chi connectivity index (χ0n) is 14.0. The lowest BCUT2D eigenvalue weighted by Gasteiger charge is -2.34. The Bertz CT molecular complexity index is 823. The molecule has 2 heterocycles. The number of aryl methyl sites for hydroxylation is 2. The summed E-state index contributed by atoms with van der Waals surface area (Å²) in [5.74, 6) is 0.681. The zero-order valence-corrected chi connectivity index (χ0v) is 15.6. The van der Waals surface area contributed by atoms with Crippen LogP contribution in [0.5, 0.6) is 0 Å². The van der Waals surface area contributed by atoms with Crippen LogP contribution >= 0.6 is 15.9 Å². The Morgan fingerprint density at radius 2 is 1.92 bits per heavy atom. The number of anilines is 1. The van der Waals surface area contributed by atoms with Crippen molar-refractivity contribution in [1.82, 2.24) is 4.90 Å². The lowest BCUT2D eigenvalue weighted by molar-refractivity contribution is -0.129. The van der Waals surface area contributed by atoms with Crippen molar-refractivity contribution in [2.45, 2.75) is 20.3 Å². The van der Waals surface area contributed by atoms with E-state index in [1.165, 1.54) is 0 Å². The van der Waals surface area contributed by atoms with Crippen molar-refractivity contribution < 1.29 is 9.21 Å². The van der Waals surface area contributed by atoms with Crippen LogP contribution < -0.4 is 10.3 Å². The van der Waals surface area contributed by atoms with E-state index in [2.05, 4.69) is 22.0 Å². The van der Waals surface area contributed by atoms with Gasteiger partial charge in [0.1, 0.15) is 5.58 Å². The molecule has 0 unspecified atom stereocenters. The van der Waals surface area contributed by atoms with Crippen LogP contribution in [0.3, 0.4) is 0 Å². The molecular formula is C18H21BrN2O3.